The Bertz CT molecular complexity index is 1310. The molecule has 0 spiro atoms. The fraction of sp³-hybridized carbons (Fsp3) is 0. The minimum Gasteiger partial charge on any atom is -0.505 e. The van der Waals surface area contributed by atoms with Crippen LogP contribution in [0.1, 0.15) is 5.56 Å². The molecule has 0 atom stereocenters. The maximum Gasteiger partial charge on any atom is 0.152 e. The quantitative estimate of drug-likeness (QED) is 0.425. The highest BCUT2D eigenvalue weighted by Crippen LogP contribution is 2.35. The Balaban J connectivity index is 1.87. The van der Waals surface area contributed by atoms with Gasteiger partial charge in [0.25, 0.3) is 0 Å². The Morgan fingerprint density at radius 1 is 1.07 bits per heavy atom. The van der Waals surface area contributed by atoms with Gasteiger partial charge in [0.05, 0.1) is 16.3 Å². The average Bonchev–Trinajstić information content (AvgIpc) is 2.74. The van der Waals surface area contributed by atoms with Crippen molar-refractivity contribution >= 4 is 33.8 Å². The van der Waals surface area contributed by atoms with Gasteiger partial charge in [-0.25, -0.2) is 9.38 Å². The Labute approximate surface area is 171 Å². The summed E-state index contributed by atoms with van der Waals surface area (Å²) >= 11 is 5.79. The molecule has 0 aliphatic rings. The monoisotopic (exact) mass is 401 g/mol. The summed E-state index contributed by atoms with van der Waals surface area (Å²) in [7, 11) is 0. The number of aliphatic imine (C=N–C) groups is 1. The van der Waals surface area contributed by atoms with Gasteiger partial charge in [-0.15, -0.1) is 0 Å². The van der Waals surface area contributed by atoms with Gasteiger partial charge in [-0.1, -0.05) is 54.1 Å². The lowest BCUT2D eigenvalue weighted by Crippen LogP contribution is -2.00. The fourth-order valence-corrected chi connectivity index (χ4v) is 3.28. The van der Waals surface area contributed by atoms with Crippen molar-refractivity contribution < 1.29 is 9.50 Å². The summed E-state index contributed by atoms with van der Waals surface area (Å²) < 4.78 is 13.4. The molecule has 0 aliphatic heterocycles. The molecule has 0 radical (unpaired) electrons. The molecule has 0 unspecified atom stereocenters. The lowest BCUT2D eigenvalue weighted by atomic mass is 9.99. The van der Waals surface area contributed by atoms with Gasteiger partial charge in [-0.3, -0.25) is 4.98 Å². The highest BCUT2D eigenvalue weighted by Gasteiger charge is 2.17. The van der Waals surface area contributed by atoms with Gasteiger partial charge < -0.3 is 5.11 Å². The van der Waals surface area contributed by atoms with Crippen molar-refractivity contribution in [3.05, 3.63) is 89.3 Å². The average molecular weight is 402 g/mol. The molecule has 0 fully saturated rings. The number of fused-ring (bicyclic) bond motifs is 1. The molecule has 4 nitrogen and oxygen atoms in total. The molecule has 29 heavy (non-hydrogen) atoms. The lowest BCUT2D eigenvalue weighted by molar-refractivity contribution is 0.474. The number of halogens is 2. The van der Waals surface area contributed by atoms with Gasteiger partial charge in [-0.05, 0) is 35.0 Å². The number of hydrogen-bond donors (Lipinski definition) is 1. The maximum absolute atomic E-state index is 13.4. The van der Waals surface area contributed by atoms with E-state index < -0.39 is 5.82 Å². The Kier molecular flexibility index (Phi) is 4.94. The number of aromatic nitrogens is 1. The first-order valence-corrected chi connectivity index (χ1v) is 9.06. The molecule has 6 heteroatoms. The summed E-state index contributed by atoms with van der Waals surface area (Å²) in [6, 6.07) is 20.9. The van der Waals surface area contributed by atoms with Gasteiger partial charge in [0.2, 0.25) is 0 Å². The number of aromatic hydroxyl groups is 1. The van der Waals surface area contributed by atoms with Crippen molar-refractivity contribution in [1.82, 2.24) is 4.98 Å². The molecule has 140 valence electrons. The van der Waals surface area contributed by atoms with E-state index in [2.05, 4.69) is 9.98 Å². The van der Waals surface area contributed by atoms with E-state index in [1.54, 1.807) is 0 Å². The Morgan fingerprint density at radius 2 is 1.86 bits per heavy atom. The van der Waals surface area contributed by atoms with Gasteiger partial charge in [-0.2, -0.15) is 5.26 Å². The van der Waals surface area contributed by atoms with Gasteiger partial charge in [0.15, 0.2) is 11.5 Å². The second-order valence-corrected chi connectivity index (χ2v) is 6.66. The molecule has 1 aromatic heterocycles. The van der Waals surface area contributed by atoms with E-state index in [9.17, 15) is 14.8 Å². The van der Waals surface area contributed by atoms with E-state index >= 15 is 0 Å². The number of rotatable bonds is 3. The molecule has 0 amide bonds. The number of benzene rings is 3. The first-order valence-electron chi connectivity index (χ1n) is 8.69. The lowest BCUT2D eigenvalue weighted by Gasteiger charge is -2.10. The van der Waals surface area contributed by atoms with Gasteiger partial charge in [0.1, 0.15) is 17.6 Å². The molecule has 4 rings (SSSR count). The predicted molar refractivity (Wildman–Crippen MR) is 112 cm³/mol. The first-order chi connectivity index (χ1) is 14.1. The summed E-state index contributed by atoms with van der Waals surface area (Å²) in [6.07, 6.45) is 1.51. The van der Waals surface area contributed by atoms with Crippen molar-refractivity contribution in [3.63, 3.8) is 0 Å². The molecule has 0 saturated heterocycles. The van der Waals surface area contributed by atoms with Crippen molar-refractivity contribution in [2.24, 2.45) is 4.99 Å². The van der Waals surface area contributed by atoms with Crippen molar-refractivity contribution in [1.29, 1.82) is 5.26 Å². The predicted octanol–water partition coefficient (Wildman–Crippen LogP) is 6.04. The minimum absolute atomic E-state index is 0.0333. The highest BCUT2D eigenvalue weighted by atomic mass is 35.5. The van der Waals surface area contributed by atoms with Crippen LogP contribution in [-0.2, 0) is 0 Å². The molecule has 4 aromatic rings. The Hall–Kier alpha value is -3.75. The molecule has 0 bridgehead atoms. The van der Waals surface area contributed by atoms with E-state index in [1.807, 2.05) is 48.5 Å². The van der Waals surface area contributed by atoms with E-state index in [-0.39, 0.29) is 22.0 Å². The topological polar surface area (TPSA) is 69.3 Å². The second kappa shape index (κ2) is 7.70. The highest BCUT2D eigenvalue weighted by molar-refractivity contribution is 6.31. The molecule has 1 heterocycles. The van der Waals surface area contributed by atoms with E-state index in [1.165, 1.54) is 30.5 Å². The minimum atomic E-state index is -0.575. The maximum atomic E-state index is 13.4. The molecule has 0 saturated carbocycles. The van der Waals surface area contributed by atoms with Crippen molar-refractivity contribution in [2.75, 3.05) is 0 Å². The van der Waals surface area contributed by atoms with Crippen LogP contribution in [0, 0.1) is 17.1 Å². The Morgan fingerprint density at radius 3 is 2.66 bits per heavy atom. The summed E-state index contributed by atoms with van der Waals surface area (Å²) in [5, 5.41) is 22.3. The number of hydrogen-bond acceptors (Lipinski definition) is 4. The molecular weight excluding hydrogens is 389 g/mol. The fourth-order valence-electron chi connectivity index (χ4n) is 3.10. The third-order valence-electron chi connectivity index (χ3n) is 4.47. The number of nitriles is 1. The van der Waals surface area contributed by atoms with E-state index in [0.717, 1.165) is 16.3 Å². The summed E-state index contributed by atoms with van der Waals surface area (Å²) in [5.41, 5.74) is 1.58. The number of pyridine rings is 1. The summed E-state index contributed by atoms with van der Waals surface area (Å²) in [6.45, 7) is 0. The normalized spacial score (nSPS) is 11.4. The second-order valence-electron chi connectivity index (χ2n) is 6.25. The zero-order valence-electron chi connectivity index (χ0n) is 15.0. The van der Waals surface area contributed by atoms with E-state index in [4.69, 9.17) is 11.6 Å². The van der Waals surface area contributed by atoms with Crippen LogP contribution < -0.4 is 0 Å². The largest absolute Gasteiger partial charge is 0.505 e. The zero-order valence-corrected chi connectivity index (χ0v) is 15.7. The standard InChI is InChI=1S/C23H13ClFN3O/c24-19-12-15(8-9-20(19)25)28-21(13-26)18-10-11-27-22(23(18)29)17-7-3-5-14-4-1-2-6-16(14)17/h1-12,29H/b28-21+. The van der Waals surface area contributed by atoms with Crippen LogP contribution in [0.3, 0.4) is 0 Å². The molecular formula is C23H13ClFN3O. The third-order valence-corrected chi connectivity index (χ3v) is 4.76. The molecule has 0 aliphatic carbocycles. The van der Waals surface area contributed by atoms with Crippen LogP contribution in [0.15, 0.2) is 77.9 Å². The zero-order chi connectivity index (χ0) is 20.4. The van der Waals surface area contributed by atoms with Crippen LogP contribution in [0.5, 0.6) is 5.75 Å². The SMILES string of the molecule is N#C/C(=N\c1ccc(F)c(Cl)c1)c1ccnc(-c2cccc3ccccc23)c1O. The molecule has 1 N–H and O–H groups in total. The smallest absolute Gasteiger partial charge is 0.152 e. The van der Waals surface area contributed by atoms with E-state index in [0.29, 0.717) is 11.4 Å². The van der Waals surface area contributed by atoms with Crippen LogP contribution in [-0.4, -0.2) is 15.8 Å². The van der Waals surface area contributed by atoms with Gasteiger partial charge >= 0.3 is 0 Å². The van der Waals surface area contributed by atoms with Crippen LogP contribution in [0.4, 0.5) is 10.1 Å². The van der Waals surface area contributed by atoms with Crippen LogP contribution in [0.25, 0.3) is 22.0 Å². The molecule has 3 aromatic carbocycles. The summed E-state index contributed by atoms with van der Waals surface area (Å²) in [4.78, 5) is 8.55. The van der Waals surface area contributed by atoms with Crippen LogP contribution >= 0.6 is 11.6 Å². The van der Waals surface area contributed by atoms with Crippen molar-refractivity contribution in [3.8, 4) is 23.1 Å². The van der Waals surface area contributed by atoms with Crippen molar-refractivity contribution in [2.45, 2.75) is 0 Å². The first kappa shape index (κ1) is 18.6. The third kappa shape index (κ3) is 3.54. The van der Waals surface area contributed by atoms with Gasteiger partial charge in [0, 0.05) is 11.8 Å². The van der Waals surface area contributed by atoms with Crippen LogP contribution in [0.2, 0.25) is 5.02 Å². The number of nitrogens with zero attached hydrogens (tertiary/aromatic N) is 3. The summed E-state index contributed by atoms with van der Waals surface area (Å²) in [5.74, 6) is -0.730.